The Morgan fingerprint density at radius 1 is 1.18 bits per heavy atom. The summed E-state index contributed by atoms with van der Waals surface area (Å²) in [5, 5.41) is 32.7. The molecule has 0 amide bonds. The molecule has 7 nitrogen and oxygen atoms in total. The highest BCUT2D eigenvalue weighted by Crippen LogP contribution is 2.33. The third-order valence-corrected chi connectivity index (χ3v) is 6.08. The molecular formula is C19H14N6OS2. The summed E-state index contributed by atoms with van der Waals surface area (Å²) in [4.78, 5) is 4.47. The second-order valence-corrected chi connectivity index (χ2v) is 8.17. The minimum atomic E-state index is -0.435. The Labute approximate surface area is 169 Å². The van der Waals surface area contributed by atoms with Crippen LogP contribution < -0.4 is 0 Å². The van der Waals surface area contributed by atoms with Gasteiger partial charge >= 0.3 is 0 Å². The predicted octanol–water partition coefficient (Wildman–Crippen LogP) is 4.25. The van der Waals surface area contributed by atoms with E-state index < -0.39 is 5.25 Å². The number of thiazole rings is 1. The average Bonchev–Trinajstić information content (AvgIpc) is 3.35. The summed E-state index contributed by atoms with van der Waals surface area (Å²) in [6.07, 6.45) is 0. The van der Waals surface area contributed by atoms with Crippen LogP contribution in [0.2, 0.25) is 0 Å². The first-order chi connectivity index (χ1) is 13.7. The van der Waals surface area contributed by atoms with Gasteiger partial charge in [0, 0.05) is 0 Å². The van der Waals surface area contributed by atoms with Crippen LogP contribution in [0.25, 0.3) is 21.5 Å². The Kier molecular flexibility index (Phi) is 5.06. The number of thioether (sulfide) groups is 1. The molecule has 1 unspecified atom stereocenters. The van der Waals surface area contributed by atoms with E-state index in [2.05, 4.69) is 26.6 Å². The molecule has 4 aromatic rings. The Morgan fingerprint density at radius 3 is 2.68 bits per heavy atom. The molecule has 28 heavy (non-hydrogen) atoms. The van der Waals surface area contributed by atoms with Crippen molar-refractivity contribution < 1.29 is 5.11 Å². The highest BCUT2D eigenvalue weighted by Gasteiger charge is 2.22. The number of tetrazole rings is 1. The van der Waals surface area contributed by atoms with Gasteiger partial charge in [-0.25, -0.2) is 4.98 Å². The Morgan fingerprint density at radius 2 is 1.93 bits per heavy atom. The molecule has 0 saturated carbocycles. The van der Waals surface area contributed by atoms with E-state index in [4.69, 9.17) is 0 Å². The summed E-state index contributed by atoms with van der Waals surface area (Å²) < 4.78 is 2.56. The first kappa shape index (κ1) is 18.2. The number of aromatic nitrogens is 5. The topological polar surface area (TPSA) is 101 Å². The number of hydrogen-bond donors (Lipinski definition) is 1. The first-order valence-corrected chi connectivity index (χ1v) is 10.1. The van der Waals surface area contributed by atoms with Gasteiger partial charge in [-0.1, -0.05) is 42.1 Å². The van der Waals surface area contributed by atoms with Crippen molar-refractivity contribution in [1.82, 2.24) is 25.2 Å². The third-order valence-electron chi connectivity index (χ3n) is 3.98. The van der Waals surface area contributed by atoms with E-state index in [0.29, 0.717) is 10.2 Å². The number of nitriles is 1. The summed E-state index contributed by atoms with van der Waals surface area (Å²) in [7, 11) is 0. The minimum absolute atomic E-state index is 0.0471. The molecule has 0 fully saturated rings. The maximum absolute atomic E-state index is 10.7. The van der Waals surface area contributed by atoms with Crippen molar-refractivity contribution in [2.45, 2.75) is 17.3 Å². The second kappa shape index (κ2) is 7.80. The van der Waals surface area contributed by atoms with E-state index in [9.17, 15) is 10.4 Å². The van der Waals surface area contributed by atoms with E-state index in [1.807, 2.05) is 54.6 Å². The van der Waals surface area contributed by atoms with Gasteiger partial charge in [-0.2, -0.15) is 9.94 Å². The number of para-hydroxylation sites is 2. The molecule has 0 spiro atoms. The maximum Gasteiger partial charge on any atom is 0.214 e. The standard InChI is InChI=1S/C19H14N6OS2/c1-12(27-19-22-23-24-25(19)13-7-3-2-4-8-13)17(26)14(11-20)18-21-15-9-5-6-10-16(15)28-18/h2-10,12,26H,1H3/b17-14-. The summed E-state index contributed by atoms with van der Waals surface area (Å²) in [5.74, 6) is -0.0471. The molecule has 9 heteroatoms. The number of nitrogens with zero attached hydrogens (tertiary/aromatic N) is 6. The summed E-state index contributed by atoms with van der Waals surface area (Å²) in [6.45, 7) is 1.80. The van der Waals surface area contributed by atoms with Gasteiger partial charge in [0.15, 0.2) is 0 Å². The van der Waals surface area contributed by atoms with Crippen molar-refractivity contribution in [3.05, 3.63) is 65.4 Å². The SMILES string of the molecule is CC(Sc1nnnn1-c1ccccc1)/C(O)=C(\C#N)c1nc2ccccc2s1. The fraction of sp³-hybridized carbons (Fsp3) is 0.105. The van der Waals surface area contributed by atoms with Crippen LogP contribution in [0, 0.1) is 11.3 Å². The molecule has 4 rings (SSSR count). The van der Waals surface area contributed by atoms with E-state index in [0.717, 1.165) is 15.9 Å². The zero-order chi connectivity index (χ0) is 19.5. The summed E-state index contributed by atoms with van der Waals surface area (Å²) in [5.41, 5.74) is 1.79. The molecule has 1 atom stereocenters. The van der Waals surface area contributed by atoms with Crippen LogP contribution in [0.3, 0.4) is 0 Å². The van der Waals surface area contributed by atoms with Crippen LogP contribution in [-0.2, 0) is 0 Å². The van der Waals surface area contributed by atoms with Gasteiger partial charge in [0.1, 0.15) is 22.4 Å². The Hall–Kier alpha value is -3.22. The number of fused-ring (bicyclic) bond motifs is 1. The minimum Gasteiger partial charge on any atom is -0.510 e. The molecule has 0 aliphatic rings. The van der Waals surface area contributed by atoms with Crippen LogP contribution in [0.15, 0.2) is 65.5 Å². The van der Waals surface area contributed by atoms with E-state index >= 15 is 0 Å². The van der Waals surface area contributed by atoms with Crippen molar-refractivity contribution in [3.8, 4) is 11.8 Å². The monoisotopic (exact) mass is 406 g/mol. The number of benzene rings is 2. The fourth-order valence-electron chi connectivity index (χ4n) is 2.59. The molecule has 2 aromatic carbocycles. The molecule has 0 aliphatic heterocycles. The lowest BCUT2D eigenvalue weighted by molar-refractivity contribution is 0.402. The summed E-state index contributed by atoms with van der Waals surface area (Å²) in [6, 6.07) is 19.2. The molecule has 2 aromatic heterocycles. The predicted molar refractivity (Wildman–Crippen MR) is 109 cm³/mol. The Balaban J connectivity index is 1.65. The van der Waals surface area contributed by atoms with Gasteiger partial charge in [0.25, 0.3) is 0 Å². The van der Waals surface area contributed by atoms with E-state index in [1.54, 1.807) is 11.6 Å². The number of hydrogen-bond acceptors (Lipinski definition) is 8. The quantitative estimate of drug-likeness (QED) is 0.300. The second-order valence-electron chi connectivity index (χ2n) is 5.83. The molecule has 0 radical (unpaired) electrons. The number of allylic oxidation sites excluding steroid dienone is 1. The van der Waals surface area contributed by atoms with Crippen molar-refractivity contribution >= 4 is 38.9 Å². The van der Waals surface area contributed by atoms with Crippen LogP contribution in [-0.4, -0.2) is 35.5 Å². The molecule has 2 heterocycles. The smallest absolute Gasteiger partial charge is 0.214 e. The van der Waals surface area contributed by atoms with Gasteiger partial charge in [-0.05, 0) is 41.6 Å². The lowest BCUT2D eigenvalue weighted by Gasteiger charge is -2.11. The molecule has 0 saturated heterocycles. The summed E-state index contributed by atoms with van der Waals surface area (Å²) >= 11 is 2.65. The normalized spacial score (nSPS) is 13.1. The molecule has 0 bridgehead atoms. The lowest BCUT2D eigenvalue weighted by Crippen LogP contribution is -2.07. The van der Waals surface area contributed by atoms with E-state index in [1.165, 1.54) is 23.1 Å². The largest absolute Gasteiger partial charge is 0.510 e. The van der Waals surface area contributed by atoms with Crippen molar-refractivity contribution in [3.63, 3.8) is 0 Å². The van der Waals surface area contributed by atoms with E-state index in [-0.39, 0.29) is 11.3 Å². The molecule has 1 N–H and O–H groups in total. The van der Waals surface area contributed by atoms with Crippen LogP contribution in [0.5, 0.6) is 0 Å². The van der Waals surface area contributed by atoms with Crippen molar-refractivity contribution in [1.29, 1.82) is 5.26 Å². The highest BCUT2D eigenvalue weighted by atomic mass is 32.2. The molecular weight excluding hydrogens is 392 g/mol. The highest BCUT2D eigenvalue weighted by molar-refractivity contribution is 7.99. The lowest BCUT2D eigenvalue weighted by atomic mass is 10.2. The van der Waals surface area contributed by atoms with Crippen molar-refractivity contribution in [2.24, 2.45) is 0 Å². The fourth-order valence-corrected chi connectivity index (χ4v) is 4.44. The van der Waals surface area contributed by atoms with Gasteiger partial charge in [0.05, 0.1) is 21.2 Å². The van der Waals surface area contributed by atoms with Crippen LogP contribution in [0.4, 0.5) is 0 Å². The van der Waals surface area contributed by atoms with Gasteiger partial charge in [-0.15, -0.1) is 16.4 Å². The number of aliphatic hydroxyl groups is 1. The molecule has 138 valence electrons. The first-order valence-electron chi connectivity index (χ1n) is 8.37. The Bertz CT molecular complexity index is 1160. The molecule has 0 aliphatic carbocycles. The van der Waals surface area contributed by atoms with Gasteiger partial charge in [0.2, 0.25) is 5.16 Å². The zero-order valence-corrected chi connectivity index (χ0v) is 16.4. The zero-order valence-electron chi connectivity index (χ0n) is 14.7. The third kappa shape index (κ3) is 3.47. The van der Waals surface area contributed by atoms with Crippen LogP contribution >= 0.6 is 23.1 Å². The van der Waals surface area contributed by atoms with Gasteiger partial charge in [-0.3, -0.25) is 0 Å². The maximum atomic E-state index is 10.7. The van der Waals surface area contributed by atoms with Crippen LogP contribution in [0.1, 0.15) is 11.9 Å². The average molecular weight is 406 g/mol. The number of rotatable bonds is 5. The van der Waals surface area contributed by atoms with Crippen molar-refractivity contribution in [2.75, 3.05) is 0 Å². The number of aliphatic hydroxyl groups excluding tert-OH is 1. The van der Waals surface area contributed by atoms with Gasteiger partial charge < -0.3 is 5.11 Å².